The van der Waals surface area contributed by atoms with Crippen LogP contribution in [0.25, 0.3) is 10.8 Å². The van der Waals surface area contributed by atoms with Gasteiger partial charge in [-0.25, -0.2) is 9.78 Å². The third-order valence-corrected chi connectivity index (χ3v) is 6.33. The molecule has 3 aromatic rings. The second-order valence-corrected chi connectivity index (χ2v) is 8.54. The van der Waals surface area contributed by atoms with Crippen LogP contribution in [-0.4, -0.2) is 33.6 Å². The molecular weight excluding hydrogens is 394 g/mol. The van der Waals surface area contributed by atoms with Crippen LogP contribution in [0.2, 0.25) is 0 Å². The molecule has 0 atom stereocenters. The Balaban J connectivity index is 1.14. The van der Waals surface area contributed by atoms with Gasteiger partial charge in [-0.05, 0) is 60.7 Å². The molecule has 2 aliphatic rings. The third-order valence-electron chi connectivity index (χ3n) is 6.33. The van der Waals surface area contributed by atoms with Crippen molar-refractivity contribution in [2.24, 2.45) is 11.1 Å². The van der Waals surface area contributed by atoms with E-state index in [1.807, 2.05) is 6.07 Å². The van der Waals surface area contributed by atoms with Gasteiger partial charge in [0.1, 0.15) is 11.7 Å². The van der Waals surface area contributed by atoms with Crippen LogP contribution in [0, 0.1) is 16.7 Å². The van der Waals surface area contributed by atoms with Crippen LogP contribution in [0.15, 0.2) is 48.9 Å². The van der Waals surface area contributed by atoms with Gasteiger partial charge in [-0.3, -0.25) is 9.36 Å². The fourth-order valence-corrected chi connectivity index (χ4v) is 4.82. The number of rotatable bonds is 4. The molecule has 5 rings (SSSR count). The summed E-state index contributed by atoms with van der Waals surface area (Å²) in [5.74, 6) is -0.261. The molecule has 0 bridgehead atoms. The SMILES string of the molecule is N#Cc1ccc2cn(C(=O)NC3CC4(C3)CC(Oc3ncccc3C(N)=O)C4)cc2c1. The molecule has 2 amide bonds. The predicted molar refractivity (Wildman–Crippen MR) is 112 cm³/mol. The second-order valence-electron chi connectivity index (χ2n) is 8.54. The Kier molecular flexibility index (Phi) is 4.40. The van der Waals surface area contributed by atoms with Crippen LogP contribution in [0.4, 0.5) is 4.79 Å². The second kappa shape index (κ2) is 7.13. The Morgan fingerprint density at radius 2 is 1.97 bits per heavy atom. The van der Waals surface area contributed by atoms with Crippen LogP contribution >= 0.6 is 0 Å². The lowest BCUT2D eigenvalue weighted by molar-refractivity contribution is -0.0843. The van der Waals surface area contributed by atoms with Gasteiger partial charge in [-0.2, -0.15) is 5.26 Å². The van der Waals surface area contributed by atoms with E-state index in [-0.39, 0.29) is 23.6 Å². The van der Waals surface area contributed by atoms with Crippen LogP contribution in [0.1, 0.15) is 41.6 Å². The first-order chi connectivity index (χ1) is 14.9. The molecule has 31 heavy (non-hydrogen) atoms. The molecule has 0 saturated heterocycles. The maximum absolute atomic E-state index is 12.6. The minimum Gasteiger partial charge on any atom is -0.474 e. The summed E-state index contributed by atoms with van der Waals surface area (Å²) >= 11 is 0. The van der Waals surface area contributed by atoms with E-state index in [9.17, 15) is 9.59 Å². The Bertz CT molecular complexity index is 1230. The number of hydrogen-bond donors (Lipinski definition) is 2. The van der Waals surface area contributed by atoms with E-state index in [1.54, 1.807) is 42.9 Å². The van der Waals surface area contributed by atoms with E-state index >= 15 is 0 Å². The molecule has 2 saturated carbocycles. The standard InChI is InChI=1S/C23H21N5O3/c24-11-14-3-4-15-12-28(13-16(15)6-14)22(30)27-17-7-23(8-17)9-18(10-23)31-21-19(20(25)29)2-1-5-26-21/h1-6,12-13,17-18H,7-10H2,(H2,25,29)(H,27,30). The molecule has 0 aliphatic heterocycles. The summed E-state index contributed by atoms with van der Waals surface area (Å²) in [6.45, 7) is 0. The monoisotopic (exact) mass is 415 g/mol. The molecule has 1 aromatic carbocycles. The lowest BCUT2D eigenvalue weighted by Crippen LogP contribution is -2.59. The molecular formula is C23H21N5O3. The van der Waals surface area contributed by atoms with E-state index in [4.69, 9.17) is 15.7 Å². The van der Waals surface area contributed by atoms with Crippen LogP contribution in [-0.2, 0) is 0 Å². The van der Waals surface area contributed by atoms with E-state index < -0.39 is 5.91 Å². The van der Waals surface area contributed by atoms with E-state index in [0.717, 1.165) is 36.5 Å². The van der Waals surface area contributed by atoms with Crippen molar-refractivity contribution in [3.63, 3.8) is 0 Å². The van der Waals surface area contributed by atoms with Gasteiger partial charge < -0.3 is 15.8 Å². The average Bonchev–Trinajstić information content (AvgIpc) is 3.14. The summed E-state index contributed by atoms with van der Waals surface area (Å²) in [7, 11) is 0. The minimum atomic E-state index is -0.551. The van der Waals surface area contributed by atoms with Crippen molar-refractivity contribution in [2.75, 3.05) is 0 Å². The summed E-state index contributed by atoms with van der Waals surface area (Å²) in [6, 6.07) is 10.7. The van der Waals surface area contributed by atoms with Gasteiger partial charge in [0.25, 0.3) is 5.91 Å². The Hall–Kier alpha value is -3.86. The average molecular weight is 415 g/mol. The first kappa shape index (κ1) is 19.1. The zero-order chi connectivity index (χ0) is 21.6. The van der Waals surface area contributed by atoms with Gasteiger partial charge in [-0.1, -0.05) is 6.07 Å². The Morgan fingerprint density at radius 3 is 2.71 bits per heavy atom. The highest BCUT2D eigenvalue weighted by molar-refractivity contribution is 5.95. The molecule has 2 aromatic heterocycles. The zero-order valence-corrected chi connectivity index (χ0v) is 16.7. The van der Waals surface area contributed by atoms with Gasteiger partial charge in [0.15, 0.2) is 0 Å². The molecule has 156 valence electrons. The summed E-state index contributed by atoms with van der Waals surface area (Å²) in [5, 5.41) is 13.9. The molecule has 3 N–H and O–H groups in total. The number of nitrogens with one attached hydrogen (secondary N) is 1. The highest BCUT2D eigenvalue weighted by Gasteiger charge is 2.54. The number of nitrogens with two attached hydrogens (primary N) is 1. The zero-order valence-electron chi connectivity index (χ0n) is 16.7. The van der Waals surface area contributed by atoms with Crippen molar-refractivity contribution in [1.82, 2.24) is 14.9 Å². The molecule has 8 nitrogen and oxygen atoms in total. The van der Waals surface area contributed by atoms with Gasteiger partial charge in [0, 0.05) is 30.0 Å². The maximum Gasteiger partial charge on any atom is 0.325 e. The lowest BCUT2D eigenvalue weighted by Gasteiger charge is -2.57. The van der Waals surface area contributed by atoms with Gasteiger partial charge in [0.05, 0.1) is 11.6 Å². The number of carbonyl (C=O) groups is 2. The highest BCUT2D eigenvalue weighted by atomic mass is 16.5. The summed E-state index contributed by atoms with van der Waals surface area (Å²) in [5.41, 5.74) is 6.43. The number of nitrogens with zero attached hydrogens (tertiary/aromatic N) is 3. The van der Waals surface area contributed by atoms with Crippen molar-refractivity contribution < 1.29 is 14.3 Å². The van der Waals surface area contributed by atoms with Crippen LogP contribution in [0.5, 0.6) is 5.88 Å². The molecule has 8 heteroatoms. The predicted octanol–water partition coefficient (Wildman–Crippen LogP) is 2.95. The molecule has 2 fully saturated rings. The molecule has 2 aliphatic carbocycles. The number of nitriles is 1. The van der Waals surface area contributed by atoms with E-state index in [2.05, 4.69) is 16.4 Å². The number of fused-ring (bicyclic) bond motifs is 1. The normalized spacial score (nSPS) is 24.1. The summed E-state index contributed by atoms with van der Waals surface area (Å²) in [4.78, 5) is 28.2. The highest BCUT2D eigenvalue weighted by Crippen LogP contribution is 2.56. The number of aromatic nitrogens is 2. The molecule has 0 radical (unpaired) electrons. The van der Waals surface area contributed by atoms with Crippen molar-refractivity contribution in [3.05, 3.63) is 60.0 Å². The van der Waals surface area contributed by atoms with Crippen LogP contribution < -0.4 is 15.8 Å². The Labute approximate surface area is 178 Å². The fraction of sp³-hybridized carbons (Fsp3) is 0.304. The number of hydrogen-bond acceptors (Lipinski definition) is 5. The molecule has 0 unspecified atom stereocenters. The van der Waals surface area contributed by atoms with Crippen molar-refractivity contribution in [2.45, 2.75) is 37.8 Å². The van der Waals surface area contributed by atoms with Gasteiger partial charge in [-0.15, -0.1) is 0 Å². The van der Waals surface area contributed by atoms with Gasteiger partial charge >= 0.3 is 6.03 Å². The van der Waals surface area contributed by atoms with E-state index in [1.165, 1.54) is 4.57 Å². The number of carbonyl (C=O) groups excluding carboxylic acids is 2. The number of primary amides is 1. The maximum atomic E-state index is 12.6. The minimum absolute atomic E-state index is 0.00808. The van der Waals surface area contributed by atoms with Crippen LogP contribution in [0.3, 0.4) is 0 Å². The number of amides is 2. The van der Waals surface area contributed by atoms with Crippen molar-refractivity contribution in [3.8, 4) is 11.9 Å². The first-order valence-electron chi connectivity index (χ1n) is 10.2. The fourth-order valence-electron chi connectivity index (χ4n) is 4.82. The van der Waals surface area contributed by atoms with E-state index in [0.29, 0.717) is 17.0 Å². The third kappa shape index (κ3) is 3.48. The molecule has 2 heterocycles. The number of ether oxygens (including phenoxy) is 1. The molecule has 1 spiro atoms. The van der Waals surface area contributed by atoms with Crippen molar-refractivity contribution >= 4 is 22.7 Å². The van der Waals surface area contributed by atoms with Crippen molar-refractivity contribution in [1.29, 1.82) is 5.26 Å². The number of benzene rings is 1. The lowest BCUT2D eigenvalue weighted by atomic mass is 9.53. The number of pyridine rings is 1. The Morgan fingerprint density at radius 1 is 1.19 bits per heavy atom. The first-order valence-corrected chi connectivity index (χ1v) is 10.2. The quantitative estimate of drug-likeness (QED) is 0.678. The topological polar surface area (TPSA) is 123 Å². The summed E-state index contributed by atoms with van der Waals surface area (Å²) in [6.07, 6.45) is 8.67. The largest absolute Gasteiger partial charge is 0.474 e. The summed E-state index contributed by atoms with van der Waals surface area (Å²) < 4.78 is 7.42. The van der Waals surface area contributed by atoms with Gasteiger partial charge in [0.2, 0.25) is 5.88 Å². The smallest absolute Gasteiger partial charge is 0.325 e.